The van der Waals surface area contributed by atoms with Gasteiger partial charge in [0.15, 0.2) is 11.6 Å². The average Bonchev–Trinajstić information content (AvgIpc) is 3.80. The molecule has 0 saturated heterocycles. The van der Waals surface area contributed by atoms with Crippen LogP contribution in [-0.4, -0.2) is 24.5 Å². The first kappa shape index (κ1) is 30.7. The first-order valence-electron chi connectivity index (χ1n) is 18.7. The SMILES string of the molecule is c1ccc(-c2nc(-c3ccccc3)nc(-n3c4ccccc4c4cc(-c5cc6cc7c(cc6c6c5cnc5ccccc56)oc5ccccc57)ccc43)n2)cc1. The summed E-state index contributed by atoms with van der Waals surface area (Å²) in [6.45, 7) is 0. The van der Waals surface area contributed by atoms with Gasteiger partial charge in [0.05, 0.1) is 16.6 Å². The fourth-order valence-corrected chi connectivity index (χ4v) is 8.49. The van der Waals surface area contributed by atoms with E-state index in [0.717, 1.165) is 93.1 Å². The zero-order chi connectivity index (χ0) is 36.7. The van der Waals surface area contributed by atoms with Gasteiger partial charge in [-0.25, -0.2) is 4.98 Å². The number of hydrogen-bond acceptors (Lipinski definition) is 5. The first-order valence-corrected chi connectivity index (χ1v) is 18.7. The zero-order valence-electron chi connectivity index (χ0n) is 29.9. The Morgan fingerprint density at radius 2 is 1.07 bits per heavy atom. The summed E-state index contributed by atoms with van der Waals surface area (Å²) in [5, 5.41) is 10.1. The summed E-state index contributed by atoms with van der Waals surface area (Å²) in [7, 11) is 0. The molecule has 12 rings (SSSR count). The average molecular weight is 716 g/mol. The normalized spacial score (nSPS) is 11.9. The van der Waals surface area contributed by atoms with Crippen molar-refractivity contribution in [2.24, 2.45) is 0 Å². The van der Waals surface area contributed by atoms with Gasteiger partial charge in [0.2, 0.25) is 5.95 Å². The van der Waals surface area contributed by atoms with Crippen molar-refractivity contribution < 1.29 is 4.42 Å². The Kier molecular flexibility index (Phi) is 6.53. The molecule has 0 aliphatic heterocycles. The van der Waals surface area contributed by atoms with Crippen molar-refractivity contribution in [1.29, 1.82) is 0 Å². The predicted molar refractivity (Wildman–Crippen MR) is 228 cm³/mol. The van der Waals surface area contributed by atoms with E-state index in [1.807, 2.05) is 85.1 Å². The number of hydrogen-bond donors (Lipinski definition) is 0. The molecular formula is C50H29N5O. The Morgan fingerprint density at radius 1 is 0.411 bits per heavy atom. The lowest BCUT2D eigenvalue weighted by atomic mass is 9.91. The second-order valence-electron chi connectivity index (χ2n) is 14.3. The molecule has 0 bridgehead atoms. The summed E-state index contributed by atoms with van der Waals surface area (Å²) in [6.07, 6.45) is 2.03. The van der Waals surface area contributed by atoms with E-state index >= 15 is 0 Å². The molecule has 0 spiro atoms. The van der Waals surface area contributed by atoms with Crippen molar-refractivity contribution in [2.75, 3.05) is 0 Å². The third-order valence-corrected chi connectivity index (χ3v) is 11.1. The van der Waals surface area contributed by atoms with Crippen LogP contribution in [0.4, 0.5) is 0 Å². The van der Waals surface area contributed by atoms with Gasteiger partial charge in [0, 0.05) is 55.0 Å². The molecule has 0 aliphatic rings. The maximum Gasteiger partial charge on any atom is 0.238 e. The van der Waals surface area contributed by atoms with Crippen LogP contribution in [-0.2, 0) is 0 Å². The summed E-state index contributed by atoms with van der Waals surface area (Å²) in [5.41, 5.74) is 8.86. The number of fused-ring (bicyclic) bond motifs is 11. The standard InChI is InChI=1S/C50H29N5O/c1-3-13-30(14-4-1)48-52-49(31-15-5-2-6-16-31)54-50(53-48)55-43-21-11-8-17-34(43)39-25-32(23-24-44(39)55)37-26-33-27-40-35-18-9-12-22-45(35)56-46(40)28-38(33)47-36-19-7-10-20-42(36)51-29-41(37)47/h1-29H. The molecule has 260 valence electrons. The van der Waals surface area contributed by atoms with E-state index in [2.05, 4.69) is 95.6 Å². The number of rotatable bonds is 4. The van der Waals surface area contributed by atoms with Gasteiger partial charge in [-0.15, -0.1) is 0 Å². The smallest absolute Gasteiger partial charge is 0.238 e. The highest BCUT2D eigenvalue weighted by molar-refractivity contribution is 6.26. The summed E-state index contributed by atoms with van der Waals surface area (Å²) in [4.78, 5) is 20.2. The monoisotopic (exact) mass is 715 g/mol. The Balaban J connectivity index is 1.13. The van der Waals surface area contributed by atoms with E-state index in [0.29, 0.717) is 17.6 Å². The molecule has 6 nitrogen and oxygen atoms in total. The van der Waals surface area contributed by atoms with E-state index < -0.39 is 0 Å². The van der Waals surface area contributed by atoms with Crippen LogP contribution in [0, 0.1) is 0 Å². The van der Waals surface area contributed by atoms with Crippen molar-refractivity contribution in [3.8, 4) is 39.9 Å². The highest BCUT2D eigenvalue weighted by Gasteiger charge is 2.20. The third-order valence-electron chi connectivity index (χ3n) is 11.1. The van der Waals surface area contributed by atoms with E-state index in [1.165, 1.54) is 5.39 Å². The Hall–Kier alpha value is -7.70. The Labute approximate surface area is 320 Å². The minimum atomic E-state index is 0.569. The number of pyridine rings is 1. The van der Waals surface area contributed by atoms with Crippen molar-refractivity contribution in [3.63, 3.8) is 0 Å². The zero-order valence-corrected chi connectivity index (χ0v) is 29.9. The number of nitrogens with zero attached hydrogens (tertiary/aromatic N) is 5. The van der Waals surface area contributed by atoms with Gasteiger partial charge in [-0.3, -0.25) is 9.55 Å². The van der Waals surface area contributed by atoms with Gasteiger partial charge in [-0.2, -0.15) is 9.97 Å². The number of para-hydroxylation sites is 3. The molecule has 0 amide bonds. The molecular weight excluding hydrogens is 687 g/mol. The minimum Gasteiger partial charge on any atom is -0.456 e. The van der Waals surface area contributed by atoms with E-state index in [4.69, 9.17) is 24.4 Å². The lowest BCUT2D eigenvalue weighted by Crippen LogP contribution is -2.06. The second kappa shape index (κ2) is 11.9. The van der Waals surface area contributed by atoms with Crippen LogP contribution < -0.4 is 0 Å². The quantitative estimate of drug-likeness (QED) is 0.170. The summed E-state index contributed by atoms with van der Waals surface area (Å²) in [5.74, 6) is 1.82. The molecule has 0 unspecified atom stereocenters. The first-order chi connectivity index (χ1) is 27.7. The van der Waals surface area contributed by atoms with Crippen molar-refractivity contribution >= 4 is 76.2 Å². The largest absolute Gasteiger partial charge is 0.456 e. The van der Waals surface area contributed by atoms with Crippen molar-refractivity contribution in [2.45, 2.75) is 0 Å². The van der Waals surface area contributed by atoms with Crippen molar-refractivity contribution in [3.05, 3.63) is 176 Å². The highest BCUT2D eigenvalue weighted by Crippen LogP contribution is 2.43. The number of aromatic nitrogens is 5. The van der Waals surface area contributed by atoms with Crippen LogP contribution >= 0.6 is 0 Å². The van der Waals surface area contributed by atoms with Gasteiger partial charge < -0.3 is 4.42 Å². The molecule has 0 radical (unpaired) electrons. The summed E-state index contributed by atoms with van der Waals surface area (Å²) >= 11 is 0. The van der Waals surface area contributed by atoms with Gasteiger partial charge in [-0.1, -0.05) is 121 Å². The molecule has 0 saturated carbocycles. The van der Waals surface area contributed by atoms with Crippen LogP contribution in [0.1, 0.15) is 0 Å². The van der Waals surface area contributed by atoms with Crippen LogP contribution in [0.5, 0.6) is 0 Å². The molecule has 4 heterocycles. The van der Waals surface area contributed by atoms with Crippen LogP contribution in [0.2, 0.25) is 0 Å². The van der Waals surface area contributed by atoms with E-state index in [9.17, 15) is 0 Å². The van der Waals surface area contributed by atoms with Gasteiger partial charge in [0.1, 0.15) is 11.2 Å². The minimum absolute atomic E-state index is 0.569. The Morgan fingerprint density at radius 3 is 1.86 bits per heavy atom. The maximum absolute atomic E-state index is 6.40. The lowest BCUT2D eigenvalue weighted by molar-refractivity contribution is 0.669. The topological polar surface area (TPSA) is 69.6 Å². The molecule has 12 aromatic rings. The van der Waals surface area contributed by atoms with E-state index in [-0.39, 0.29) is 0 Å². The van der Waals surface area contributed by atoms with E-state index in [1.54, 1.807) is 0 Å². The third kappa shape index (κ3) is 4.63. The van der Waals surface area contributed by atoms with Crippen LogP contribution in [0.15, 0.2) is 180 Å². The Bertz CT molecular complexity index is 3480. The molecule has 0 aliphatic carbocycles. The molecule has 8 aromatic carbocycles. The lowest BCUT2D eigenvalue weighted by Gasteiger charge is -2.14. The fraction of sp³-hybridized carbons (Fsp3) is 0. The predicted octanol–water partition coefficient (Wildman–Crippen LogP) is 12.7. The van der Waals surface area contributed by atoms with Gasteiger partial charge in [0.25, 0.3) is 0 Å². The summed E-state index contributed by atoms with van der Waals surface area (Å²) in [6, 6.07) is 58.9. The molecule has 6 heteroatoms. The summed E-state index contributed by atoms with van der Waals surface area (Å²) < 4.78 is 8.57. The van der Waals surface area contributed by atoms with Gasteiger partial charge in [-0.05, 0) is 70.4 Å². The van der Waals surface area contributed by atoms with Gasteiger partial charge >= 0.3 is 0 Å². The van der Waals surface area contributed by atoms with Crippen molar-refractivity contribution in [1.82, 2.24) is 24.5 Å². The second-order valence-corrected chi connectivity index (χ2v) is 14.3. The number of furan rings is 1. The molecule has 4 aromatic heterocycles. The molecule has 0 N–H and O–H groups in total. The highest BCUT2D eigenvalue weighted by atomic mass is 16.3. The molecule has 0 atom stereocenters. The fourth-order valence-electron chi connectivity index (χ4n) is 8.49. The van der Waals surface area contributed by atoms with Crippen LogP contribution in [0.25, 0.3) is 116 Å². The maximum atomic E-state index is 6.40. The number of benzene rings is 8. The molecule has 0 fully saturated rings. The van der Waals surface area contributed by atoms with Crippen LogP contribution in [0.3, 0.4) is 0 Å². The molecule has 56 heavy (non-hydrogen) atoms.